The summed E-state index contributed by atoms with van der Waals surface area (Å²) in [6.45, 7) is 0. The molecule has 0 saturated heterocycles. The first-order valence-corrected chi connectivity index (χ1v) is 8.53. The van der Waals surface area contributed by atoms with Crippen molar-refractivity contribution in [3.05, 3.63) is 71.3 Å². The summed E-state index contributed by atoms with van der Waals surface area (Å²) in [4.78, 5) is 0.457. The Morgan fingerprint density at radius 2 is 1.65 bits per heavy atom. The second-order valence-corrected chi connectivity index (χ2v) is 6.85. The third-order valence-corrected chi connectivity index (χ3v) is 5.41. The van der Waals surface area contributed by atoms with E-state index in [1.165, 1.54) is 24.8 Å². The molecule has 104 valence electrons. The molecule has 20 heavy (non-hydrogen) atoms. The van der Waals surface area contributed by atoms with Crippen LogP contribution in [0.1, 0.15) is 53.1 Å². The highest BCUT2D eigenvalue weighted by atomic mass is 79.9. The average molecular weight is 329 g/mol. The molecule has 0 N–H and O–H groups in total. The van der Waals surface area contributed by atoms with Gasteiger partial charge in [0.2, 0.25) is 0 Å². The molecule has 0 amide bonds. The third kappa shape index (κ3) is 3.15. The van der Waals surface area contributed by atoms with E-state index in [2.05, 4.69) is 70.5 Å². The predicted octanol–water partition coefficient (Wildman–Crippen LogP) is 6.02. The Labute approximate surface area is 130 Å². The zero-order valence-corrected chi connectivity index (χ0v) is 13.4. The van der Waals surface area contributed by atoms with E-state index in [9.17, 15) is 0 Å². The standard InChI is InChI=1S/C19H21Br/c20-19(17-8-2-1-3-9-17)14-13-16-7-4-5-12-18(16)15-10-6-11-15/h1-5,7-9,12,15,19H,6,10-11,13-14H2. The van der Waals surface area contributed by atoms with Crippen molar-refractivity contribution < 1.29 is 0 Å². The average Bonchev–Trinajstić information content (AvgIpc) is 2.45. The molecular weight excluding hydrogens is 308 g/mol. The van der Waals surface area contributed by atoms with E-state index in [1.54, 1.807) is 11.1 Å². The highest BCUT2D eigenvalue weighted by Gasteiger charge is 2.21. The smallest absolute Gasteiger partial charge is 0.0398 e. The number of benzene rings is 2. The Balaban J connectivity index is 1.66. The fourth-order valence-corrected chi connectivity index (χ4v) is 3.52. The molecule has 0 bridgehead atoms. The first kappa shape index (κ1) is 13.9. The van der Waals surface area contributed by atoms with Crippen LogP contribution in [0.2, 0.25) is 0 Å². The maximum Gasteiger partial charge on any atom is 0.0398 e. The SMILES string of the molecule is BrC(CCc1ccccc1C1CCC1)c1ccccc1. The second-order valence-electron chi connectivity index (χ2n) is 5.74. The quantitative estimate of drug-likeness (QED) is 0.588. The van der Waals surface area contributed by atoms with Gasteiger partial charge in [-0.15, -0.1) is 0 Å². The summed E-state index contributed by atoms with van der Waals surface area (Å²) < 4.78 is 0. The molecule has 1 heteroatoms. The first-order chi connectivity index (χ1) is 9.84. The van der Waals surface area contributed by atoms with Gasteiger partial charge in [0.25, 0.3) is 0 Å². The Kier molecular flexibility index (Phi) is 4.57. The lowest BCUT2D eigenvalue weighted by molar-refractivity contribution is 0.417. The van der Waals surface area contributed by atoms with Crippen molar-refractivity contribution in [2.45, 2.75) is 42.8 Å². The van der Waals surface area contributed by atoms with Crippen molar-refractivity contribution in [2.24, 2.45) is 0 Å². The van der Waals surface area contributed by atoms with Gasteiger partial charge in [-0.05, 0) is 48.3 Å². The van der Waals surface area contributed by atoms with E-state index in [0.717, 1.165) is 18.8 Å². The van der Waals surface area contributed by atoms with Gasteiger partial charge in [-0.25, -0.2) is 0 Å². The molecule has 0 aromatic heterocycles. The van der Waals surface area contributed by atoms with Gasteiger partial charge < -0.3 is 0 Å². The number of hydrogen-bond acceptors (Lipinski definition) is 0. The molecule has 0 nitrogen and oxygen atoms in total. The topological polar surface area (TPSA) is 0 Å². The van der Waals surface area contributed by atoms with Gasteiger partial charge in [-0.3, -0.25) is 0 Å². The van der Waals surface area contributed by atoms with E-state index >= 15 is 0 Å². The van der Waals surface area contributed by atoms with Crippen LogP contribution in [0.15, 0.2) is 54.6 Å². The molecule has 1 fully saturated rings. The Morgan fingerprint density at radius 1 is 0.950 bits per heavy atom. The van der Waals surface area contributed by atoms with Gasteiger partial charge in [0.1, 0.15) is 0 Å². The Morgan fingerprint density at radius 3 is 2.35 bits per heavy atom. The van der Waals surface area contributed by atoms with Gasteiger partial charge in [0, 0.05) is 4.83 Å². The maximum atomic E-state index is 3.84. The Hall–Kier alpha value is -1.08. The van der Waals surface area contributed by atoms with Crippen molar-refractivity contribution in [3.63, 3.8) is 0 Å². The summed E-state index contributed by atoms with van der Waals surface area (Å²) in [5, 5.41) is 0. The van der Waals surface area contributed by atoms with Crippen molar-refractivity contribution >= 4 is 15.9 Å². The van der Waals surface area contributed by atoms with Crippen LogP contribution in [0.5, 0.6) is 0 Å². The molecule has 0 spiro atoms. The minimum absolute atomic E-state index is 0.457. The molecule has 1 aliphatic carbocycles. The van der Waals surface area contributed by atoms with Gasteiger partial charge in [-0.2, -0.15) is 0 Å². The molecule has 1 atom stereocenters. The molecule has 0 radical (unpaired) electrons. The summed E-state index contributed by atoms with van der Waals surface area (Å²) in [6, 6.07) is 19.8. The monoisotopic (exact) mass is 328 g/mol. The van der Waals surface area contributed by atoms with Crippen LogP contribution < -0.4 is 0 Å². The van der Waals surface area contributed by atoms with Gasteiger partial charge in [0.05, 0.1) is 0 Å². The largest absolute Gasteiger partial charge is 0.0839 e. The molecule has 2 aromatic rings. The van der Waals surface area contributed by atoms with Crippen LogP contribution in [-0.4, -0.2) is 0 Å². The van der Waals surface area contributed by atoms with Crippen LogP contribution in [0.3, 0.4) is 0 Å². The van der Waals surface area contributed by atoms with Crippen LogP contribution in [0.4, 0.5) is 0 Å². The zero-order valence-electron chi connectivity index (χ0n) is 11.8. The summed E-state index contributed by atoms with van der Waals surface area (Å²) >= 11 is 3.84. The molecule has 2 aromatic carbocycles. The molecule has 1 saturated carbocycles. The maximum absolute atomic E-state index is 3.84. The zero-order chi connectivity index (χ0) is 13.8. The van der Waals surface area contributed by atoms with Gasteiger partial charge >= 0.3 is 0 Å². The fourth-order valence-electron chi connectivity index (χ4n) is 2.99. The first-order valence-electron chi connectivity index (χ1n) is 7.61. The molecule has 0 heterocycles. The lowest BCUT2D eigenvalue weighted by atomic mass is 9.77. The van der Waals surface area contributed by atoms with E-state index < -0.39 is 0 Å². The van der Waals surface area contributed by atoms with Crippen LogP contribution in [-0.2, 0) is 6.42 Å². The molecule has 0 aliphatic heterocycles. The van der Waals surface area contributed by atoms with Crippen LogP contribution in [0.25, 0.3) is 0 Å². The van der Waals surface area contributed by atoms with Crippen LogP contribution in [0, 0.1) is 0 Å². The second kappa shape index (κ2) is 6.58. The minimum Gasteiger partial charge on any atom is -0.0839 e. The number of hydrogen-bond donors (Lipinski definition) is 0. The molecule has 1 unspecified atom stereocenters. The molecule has 3 rings (SSSR count). The highest BCUT2D eigenvalue weighted by Crippen LogP contribution is 2.39. The van der Waals surface area contributed by atoms with Crippen molar-refractivity contribution in [1.82, 2.24) is 0 Å². The van der Waals surface area contributed by atoms with Gasteiger partial charge in [-0.1, -0.05) is 76.9 Å². The highest BCUT2D eigenvalue weighted by molar-refractivity contribution is 9.09. The fraction of sp³-hybridized carbons (Fsp3) is 0.368. The number of rotatable bonds is 5. The van der Waals surface area contributed by atoms with E-state index in [1.807, 2.05) is 0 Å². The normalized spacial score (nSPS) is 16.6. The number of halogens is 1. The lowest BCUT2D eigenvalue weighted by Crippen LogP contribution is -2.11. The number of aryl methyl sites for hydroxylation is 1. The molecule has 1 aliphatic rings. The van der Waals surface area contributed by atoms with Gasteiger partial charge in [0.15, 0.2) is 0 Å². The van der Waals surface area contributed by atoms with E-state index in [-0.39, 0.29) is 0 Å². The summed E-state index contributed by atoms with van der Waals surface area (Å²) in [5.41, 5.74) is 4.54. The lowest BCUT2D eigenvalue weighted by Gasteiger charge is -2.28. The van der Waals surface area contributed by atoms with E-state index in [4.69, 9.17) is 0 Å². The van der Waals surface area contributed by atoms with Crippen LogP contribution >= 0.6 is 15.9 Å². The van der Waals surface area contributed by atoms with Crippen molar-refractivity contribution in [3.8, 4) is 0 Å². The van der Waals surface area contributed by atoms with Crippen molar-refractivity contribution in [2.75, 3.05) is 0 Å². The summed E-state index contributed by atoms with van der Waals surface area (Å²) in [5.74, 6) is 0.830. The summed E-state index contributed by atoms with van der Waals surface area (Å²) in [7, 11) is 0. The summed E-state index contributed by atoms with van der Waals surface area (Å²) in [6.07, 6.45) is 6.50. The number of alkyl halides is 1. The Bertz CT molecular complexity index is 543. The predicted molar refractivity (Wildman–Crippen MR) is 89.5 cm³/mol. The molecular formula is C19H21Br. The third-order valence-electron chi connectivity index (χ3n) is 4.43. The van der Waals surface area contributed by atoms with Crippen molar-refractivity contribution in [1.29, 1.82) is 0 Å². The van der Waals surface area contributed by atoms with E-state index in [0.29, 0.717) is 4.83 Å². The minimum atomic E-state index is 0.457.